The minimum Gasteiger partial charge on any atom is -0.351 e. The van der Waals surface area contributed by atoms with E-state index in [1.54, 1.807) is 12.1 Å². The lowest BCUT2D eigenvalue weighted by Crippen LogP contribution is -2.24. The fourth-order valence-corrected chi connectivity index (χ4v) is 1.15. The first-order valence-electron chi connectivity index (χ1n) is 4.78. The van der Waals surface area contributed by atoms with Gasteiger partial charge in [-0.1, -0.05) is 0 Å². The van der Waals surface area contributed by atoms with Gasteiger partial charge in [-0.3, -0.25) is 4.79 Å². The minimum atomic E-state index is -0.236. The van der Waals surface area contributed by atoms with Crippen LogP contribution in [0.5, 0.6) is 0 Å². The van der Waals surface area contributed by atoms with E-state index < -0.39 is 0 Å². The molecule has 2 rings (SSSR count). The third-order valence-corrected chi connectivity index (χ3v) is 1.87. The average molecular weight is 218 g/mol. The zero-order valence-electron chi connectivity index (χ0n) is 8.66. The average Bonchev–Trinajstić information content (AvgIpc) is 2.83. The van der Waals surface area contributed by atoms with Crippen molar-refractivity contribution in [1.29, 1.82) is 0 Å². The van der Waals surface area contributed by atoms with Crippen molar-refractivity contribution in [2.75, 3.05) is 6.54 Å². The Morgan fingerprint density at radius 2 is 2.31 bits per heavy atom. The zero-order chi connectivity index (χ0) is 11.4. The summed E-state index contributed by atoms with van der Waals surface area (Å²) >= 11 is 0. The van der Waals surface area contributed by atoms with Crippen molar-refractivity contribution in [2.45, 2.75) is 6.92 Å². The maximum Gasteiger partial charge on any atom is 0.271 e. The number of carbonyl (C=O) groups is 1. The Morgan fingerprint density at radius 3 is 2.88 bits per heavy atom. The quantitative estimate of drug-likeness (QED) is 0.771. The second-order valence-corrected chi connectivity index (χ2v) is 2.98. The minimum absolute atomic E-state index is 0.236. The largest absolute Gasteiger partial charge is 0.351 e. The molecule has 1 N–H and O–H groups in total. The van der Waals surface area contributed by atoms with Crippen molar-refractivity contribution < 1.29 is 4.79 Å². The van der Waals surface area contributed by atoms with Crippen LogP contribution in [0.2, 0.25) is 0 Å². The predicted molar refractivity (Wildman–Crippen MR) is 55.0 cm³/mol. The van der Waals surface area contributed by atoms with Gasteiger partial charge in [0.05, 0.1) is 0 Å². The van der Waals surface area contributed by atoms with Crippen LogP contribution in [0.3, 0.4) is 0 Å². The Bertz CT molecular complexity index is 463. The fourth-order valence-electron chi connectivity index (χ4n) is 1.15. The van der Waals surface area contributed by atoms with Crippen molar-refractivity contribution in [1.82, 2.24) is 30.3 Å². The molecule has 0 atom stereocenters. The maximum absolute atomic E-state index is 11.4. The molecule has 0 aliphatic heterocycles. The normalized spacial score (nSPS) is 10.1. The monoisotopic (exact) mass is 218 g/mol. The summed E-state index contributed by atoms with van der Waals surface area (Å²) in [4.78, 5) is 15.2. The highest BCUT2D eigenvalue weighted by atomic mass is 16.1. The molecule has 0 radical (unpaired) electrons. The van der Waals surface area contributed by atoms with E-state index in [-0.39, 0.29) is 11.6 Å². The first-order chi connectivity index (χ1) is 7.81. The Balaban J connectivity index is 2.20. The van der Waals surface area contributed by atoms with Gasteiger partial charge in [0.1, 0.15) is 12.7 Å². The molecule has 0 aliphatic rings. The van der Waals surface area contributed by atoms with E-state index in [9.17, 15) is 4.79 Å². The molecular weight excluding hydrogens is 208 g/mol. The molecule has 16 heavy (non-hydrogen) atoms. The zero-order valence-corrected chi connectivity index (χ0v) is 8.66. The fraction of sp³-hybridized carbons (Fsp3) is 0.222. The van der Waals surface area contributed by atoms with Crippen LogP contribution in [0.15, 0.2) is 24.8 Å². The molecule has 0 saturated heterocycles. The number of nitrogens with zero attached hydrogens (tertiary/aromatic N) is 5. The van der Waals surface area contributed by atoms with Gasteiger partial charge in [0.2, 0.25) is 0 Å². The number of aromatic nitrogens is 5. The first kappa shape index (κ1) is 10.2. The summed E-state index contributed by atoms with van der Waals surface area (Å²) in [6.45, 7) is 2.40. The number of rotatable bonds is 3. The molecule has 2 aromatic rings. The van der Waals surface area contributed by atoms with E-state index in [4.69, 9.17) is 0 Å². The lowest BCUT2D eigenvalue weighted by atomic mass is 10.3. The van der Waals surface area contributed by atoms with Gasteiger partial charge in [-0.25, -0.2) is 9.67 Å². The molecule has 82 valence electrons. The lowest BCUT2D eigenvalue weighted by molar-refractivity contribution is 0.0950. The van der Waals surface area contributed by atoms with E-state index in [0.717, 1.165) is 0 Å². The molecule has 0 spiro atoms. The van der Waals surface area contributed by atoms with Gasteiger partial charge in [-0.15, -0.1) is 10.2 Å². The summed E-state index contributed by atoms with van der Waals surface area (Å²) < 4.78 is 1.47. The van der Waals surface area contributed by atoms with Crippen molar-refractivity contribution in [2.24, 2.45) is 0 Å². The Labute approximate surface area is 91.5 Å². The SMILES string of the molecule is CCNC(=O)c1ccc(-n2cncn2)nn1. The third kappa shape index (κ3) is 2.02. The molecule has 1 amide bonds. The molecule has 0 bridgehead atoms. The Hall–Kier alpha value is -2.31. The Morgan fingerprint density at radius 1 is 1.44 bits per heavy atom. The molecule has 0 aliphatic carbocycles. The molecule has 7 nitrogen and oxygen atoms in total. The summed E-state index contributed by atoms with van der Waals surface area (Å²) in [5.74, 6) is 0.283. The molecule has 0 fully saturated rings. The van der Waals surface area contributed by atoms with Gasteiger partial charge in [-0.05, 0) is 19.1 Å². The van der Waals surface area contributed by atoms with Gasteiger partial charge < -0.3 is 5.32 Å². The van der Waals surface area contributed by atoms with Gasteiger partial charge in [0.15, 0.2) is 11.5 Å². The molecular formula is C9H10N6O. The van der Waals surface area contributed by atoms with Crippen molar-refractivity contribution in [3.63, 3.8) is 0 Å². The van der Waals surface area contributed by atoms with Crippen LogP contribution < -0.4 is 5.32 Å². The second kappa shape index (κ2) is 4.47. The van der Waals surface area contributed by atoms with E-state index >= 15 is 0 Å². The summed E-state index contributed by atoms with van der Waals surface area (Å²) in [6.07, 6.45) is 2.91. The number of amides is 1. The van der Waals surface area contributed by atoms with Crippen molar-refractivity contribution >= 4 is 5.91 Å². The summed E-state index contributed by atoms with van der Waals surface area (Å²) in [5.41, 5.74) is 0.283. The topological polar surface area (TPSA) is 85.6 Å². The molecule has 2 aromatic heterocycles. The summed E-state index contributed by atoms with van der Waals surface area (Å²) in [7, 11) is 0. The highest BCUT2D eigenvalue weighted by Crippen LogP contribution is 2.00. The first-order valence-corrected chi connectivity index (χ1v) is 4.78. The smallest absolute Gasteiger partial charge is 0.271 e. The van der Waals surface area contributed by atoms with Crippen molar-refractivity contribution in [3.8, 4) is 5.82 Å². The van der Waals surface area contributed by atoms with Crippen LogP contribution in [0, 0.1) is 0 Å². The van der Waals surface area contributed by atoms with Crippen LogP contribution in [0.25, 0.3) is 5.82 Å². The highest BCUT2D eigenvalue weighted by Gasteiger charge is 2.07. The van der Waals surface area contributed by atoms with Crippen LogP contribution >= 0.6 is 0 Å². The van der Waals surface area contributed by atoms with E-state index in [0.29, 0.717) is 12.4 Å². The second-order valence-electron chi connectivity index (χ2n) is 2.98. The molecule has 7 heteroatoms. The molecule has 0 saturated carbocycles. The van der Waals surface area contributed by atoms with Crippen molar-refractivity contribution in [3.05, 3.63) is 30.5 Å². The number of hydrogen-bond donors (Lipinski definition) is 1. The summed E-state index contributed by atoms with van der Waals surface area (Å²) in [6, 6.07) is 3.25. The predicted octanol–water partition coefficient (Wildman–Crippen LogP) is -0.193. The summed E-state index contributed by atoms with van der Waals surface area (Å²) in [5, 5.41) is 14.2. The number of nitrogens with one attached hydrogen (secondary N) is 1. The third-order valence-electron chi connectivity index (χ3n) is 1.87. The van der Waals surface area contributed by atoms with E-state index in [1.807, 2.05) is 6.92 Å². The van der Waals surface area contributed by atoms with Gasteiger partial charge in [0, 0.05) is 6.54 Å². The number of hydrogen-bond acceptors (Lipinski definition) is 5. The van der Waals surface area contributed by atoms with E-state index in [1.165, 1.54) is 17.3 Å². The van der Waals surface area contributed by atoms with Gasteiger partial charge in [-0.2, -0.15) is 5.10 Å². The lowest BCUT2D eigenvalue weighted by Gasteiger charge is -2.01. The molecule has 2 heterocycles. The molecule has 0 aromatic carbocycles. The van der Waals surface area contributed by atoms with Crippen LogP contribution in [-0.2, 0) is 0 Å². The van der Waals surface area contributed by atoms with E-state index in [2.05, 4.69) is 25.6 Å². The van der Waals surface area contributed by atoms with Crippen LogP contribution in [0.4, 0.5) is 0 Å². The highest BCUT2D eigenvalue weighted by molar-refractivity contribution is 5.92. The van der Waals surface area contributed by atoms with Crippen LogP contribution in [0.1, 0.15) is 17.4 Å². The number of carbonyl (C=O) groups excluding carboxylic acids is 1. The Kier molecular flexibility index (Phi) is 2.86. The maximum atomic E-state index is 11.4. The van der Waals surface area contributed by atoms with Gasteiger partial charge >= 0.3 is 0 Å². The van der Waals surface area contributed by atoms with Gasteiger partial charge in [0.25, 0.3) is 5.91 Å². The van der Waals surface area contributed by atoms with Crippen LogP contribution in [-0.4, -0.2) is 37.4 Å². The molecule has 0 unspecified atom stereocenters. The standard InChI is InChI=1S/C9H10N6O/c1-2-11-9(16)7-3-4-8(14-13-7)15-6-10-5-12-15/h3-6H,2H2,1H3,(H,11,16).